The molecule has 0 aromatic heterocycles. The molecule has 1 heterocycles. The summed E-state index contributed by atoms with van der Waals surface area (Å²) in [4.78, 5) is 6.96. The lowest BCUT2D eigenvalue weighted by Gasteiger charge is -2.34. The van der Waals surface area contributed by atoms with Crippen molar-refractivity contribution in [2.24, 2.45) is 10.9 Å². The third kappa shape index (κ3) is 6.52. The number of guanidine groups is 1. The Labute approximate surface area is 159 Å². The van der Waals surface area contributed by atoms with E-state index < -0.39 is 0 Å². The van der Waals surface area contributed by atoms with Gasteiger partial charge in [-0.3, -0.25) is 4.99 Å². The van der Waals surface area contributed by atoms with Crippen molar-refractivity contribution in [3.05, 3.63) is 29.3 Å². The molecule has 1 aromatic carbocycles. The standard InChI is InChI=1S/C21H36N4O/c1-16(2)15-25-12-9-19(10-13-25)24-21(22-4)23-11-8-18-7-6-17(3)20(14-18)26-5/h6-7,14,16,19H,8-13,15H2,1-5H3,(H2,22,23,24). The molecule has 5 nitrogen and oxygen atoms in total. The highest BCUT2D eigenvalue weighted by Crippen LogP contribution is 2.19. The highest BCUT2D eigenvalue weighted by atomic mass is 16.5. The number of ether oxygens (including phenoxy) is 1. The van der Waals surface area contributed by atoms with Crippen LogP contribution in [0.2, 0.25) is 0 Å². The topological polar surface area (TPSA) is 48.9 Å². The molecule has 0 aliphatic carbocycles. The highest BCUT2D eigenvalue weighted by molar-refractivity contribution is 5.79. The summed E-state index contributed by atoms with van der Waals surface area (Å²) in [5, 5.41) is 7.03. The van der Waals surface area contributed by atoms with E-state index in [0.717, 1.165) is 30.6 Å². The third-order valence-corrected chi connectivity index (χ3v) is 4.95. The summed E-state index contributed by atoms with van der Waals surface area (Å²) in [5.74, 6) is 2.61. The smallest absolute Gasteiger partial charge is 0.191 e. The van der Waals surface area contributed by atoms with E-state index >= 15 is 0 Å². The summed E-state index contributed by atoms with van der Waals surface area (Å²) in [6.07, 6.45) is 3.31. The summed E-state index contributed by atoms with van der Waals surface area (Å²) in [6.45, 7) is 11.1. The van der Waals surface area contributed by atoms with Crippen molar-refractivity contribution in [3.8, 4) is 5.75 Å². The molecule has 1 aliphatic rings. The van der Waals surface area contributed by atoms with Crippen LogP contribution in [0, 0.1) is 12.8 Å². The Balaban J connectivity index is 1.73. The second-order valence-electron chi connectivity index (χ2n) is 7.67. The number of hydrogen-bond donors (Lipinski definition) is 2. The Bertz CT molecular complexity index is 577. The van der Waals surface area contributed by atoms with Crippen molar-refractivity contribution < 1.29 is 4.74 Å². The highest BCUT2D eigenvalue weighted by Gasteiger charge is 2.20. The fourth-order valence-electron chi connectivity index (χ4n) is 3.51. The van der Waals surface area contributed by atoms with Crippen LogP contribution in [0.1, 0.15) is 37.8 Å². The van der Waals surface area contributed by atoms with E-state index in [1.165, 1.54) is 43.6 Å². The molecule has 26 heavy (non-hydrogen) atoms. The molecule has 1 aliphatic heterocycles. The molecule has 2 rings (SSSR count). The molecule has 0 bridgehead atoms. The summed E-state index contributed by atoms with van der Waals surface area (Å²) in [7, 11) is 3.57. The van der Waals surface area contributed by atoms with Gasteiger partial charge in [0.05, 0.1) is 7.11 Å². The molecule has 0 saturated carbocycles. The lowest BCUT2D eigenvalue weighted by Crippen LogP contribution is -2.49. The van der Waals surface area contributed by atoms with Crippen molar-refractivity contribution >= 4 is 5.96 Å². The minimum atomic E-state index is 0.518. The lowest BCUT2D eigenvalue weighted by molar-refractivity contribution is 0.187. The Morgan fingerprint density at radius 3 is 2.65 bits per heavy atom. The zero-order chi connectivity index (χ0) is 18.9. The fourth-order valence-corrected chi connectivity index (χ4v) is 3.51. The van der Waals surface area contributed by atoms with Crippen LogP contribution in [-0.2, 0) is 6.42 Å². The van der Waals surface area contributed by atoms with E-state index in [0.29, 0.717) is 6.04 Å². The maximum Gasteiger partial charge on any atom is 0.191 e. The molecular formula is C21H36N4O. The predicted molar refractivity (Wildman–Crippen MR) is 110 cm³/mol. The second-order valence-corrected chi connectivity index (χ2v) is 7.67. The Kier molecular flexibility index (Phi) is 8.23. The van der Waals surface area contributed by atoms with Gasteiger partial charge in [0.2, 0.25) is 0 Å². The van der Waals surface area contributed by atoms with Crippen molar-refractivity contribution in [1.82, 2.24) is 15.5 Å². The SMILES string of the molecule is CN=C(NCCc1ccc(C)c(OC)c1)NC1CCN(CC(C)C)CC1. The average molecular weight is 361 g/mol. The van der Waals surface area contributed by atoms with Crippen molar-refractivity contribution in [2.75, 3.05) is 40.3 Å². The number of nitrogens with zero attached hydrogens (tertiary/aromatic N) is 2. The molecule has 0 unspecified atom stereocenters. The first kappa shape index (κ1) is 20.6. The molecule has 0 radical (unpaired) electrons. The maximum atomic E-state index is 5.41. The van der Waals surface area contributed by atoms with Gasteiger partial charge in [-0.2, -0.15) is 0 Å². The lowest BCUT2D eigenvalue weighted by atomic mass is 10.0. The first-order chi connectivity index (χ1) is 12.5. The summed E-state index contributed by atoms with van der Waals surface area (Å²) in [5.41, 5.74) is 2.45. The summed E-state index contributed by atoms with van der Waals surface area (Å²) in [6, 6.07) is 6.92. The van der Waals surface area contributed by atoms with Gasteiger partial charge in [0.25, 0.3) is 0 Å². The van der Waals surface area contributed by atoms with Gasteiger partial charge >= 0.3 is 0 Å². The minimum absolute atomic E-state index is 0.518. The second kappa shape index (κ2) is 10.4. The van der Waals surface area contributed by atoms with Crippen molar-refractivity contribution in [1.29, 1.82) is 0 Å². The van der Waals surface area contributed by atoms with E-state index in [1.807, 2.05) is 7.05 Å². The van der Waals surface area contributed by atoms with Crippen LogP contribution in [0.3, 0.4) is 0 Å². The van der Waals surface area contributed by atoms with Crippen LogP contribution in [0.15, 0.2) is 23.2 Å². The van der Waals surface area contributed by atoms with Gasteiger partial charge in [-0.05, 0) is 49.3 Å². The molecule has 1 fully saturated rings. The molecule has 0 amide bonds. The van der Waals surface area contributed by atoms with E-state index in [1.54, 1.807) is 7.11 Å². The van der Waals surface area contributed by atoms with Gasteiger partial charge in [0.1, 0.15) is 5.75 Å². The van der Waals surface area contributed by atoms with E-state index in [4.69, 9.17) is 4.74 Å². The quantitative estimate of drug-likeness (QED) is 0.580. The Morgan fingerprint density at radius 2 is 2.04 bits per heavy atom. The zero-order valence-electron chi connectivity index (χ0n) is 17.1. The van der Waals surface area contributed by atoms with Gasteiger partial charge in [0, 0.05) is 39.3 Å². The number of likely N-dealkylation sites (tertiary alicyclic amines) is 1. The van der Waals surface area contributed by atoms with Crippen LogP contribution in [0.25, 0.3) is 0 Å². The fraction of sp³-hybridized carbons (Fsp3) is 0.667. The Hall–Kier alpha value is -1.75. The number of aryl methyl sites for hydroxylation is 1. The van der Waals surface area contributed by atoms with E-state index in [2.05, 4.69) is 59.5 Å². The summed E-state index contributed by atoms with van der Waals surface area (Å²) < 4.78 is 5.41. The number of methoxy groups -OCH3 is 1. The molecular weight excluding hydrogens is 324 g/mol. The zero-order valence-corrected chi connectivity index (χ0v) is 17.1. The molecule has 0 spiro atoms. The maximum absolute atomic E-state index is 5.41. The molecule has 5 heteroatoms. The van der Waals surface area contributed by atoms with E-state index in [-0.39, 0.29) is 0 Å². The molecule has 1 saturated heterocycles. The molecule has 1 aromatic rings. The number of nitrogens with one attached hydrogen (secondary N) is 2. The number of benzene rings is 1. The van der Waals surface area contributed by atoms with Gasteiger partial charge < -0.3 is 20.3 Å². The number of piperidine rings is 1. The Morgan fingerprint density at radius 1 is 1.31 bits per heavy atom. The average Bonchev–Trinajstić information content (AvgIpc) is 2.63. The van der Waals surface area contributed by atoms with E-state index in [9.17, 15) is 0 Å². The van der Waals surface area contributed by atoms with Gasteiger partial charge in [-0.1, -0.05) is 26.0 Å². The molecule has 146 valence electrons. The minimum Gasteiger partial charge on any atom is -0.496 e. The largest absolute Gasteiger partial charge is 0.496 e. The number of aliphatic imine (C=N–C) groups is 1. The van der Waals surface area contributed by atoms with Gasteiger partial charge in [0.15, 0.2) is 5.96 Å². The first-order valence-electron chi connectivity index (χ1n) is 9.85. The van der Waals surface area contributed by atoms with Gasteiger partial charge in [-0.15, -0.1) is 0 Å². The van der Waals surface area contributed by atoms with Crippen LogP contribution in [-0.4, -0.2) is 57.2 Å². The predicted octanol–water partition coefficient (Wildman–Crippen LogP) is 2.83. The monoisotopic (exact) mass is 360 g/mol. The van der Waals surface area contributed by atoms with Crippen LogP contribution >= 0.6 is 0 Å². The van der Waals surface area contributed by atoms with Gasteiger partial charge in [-0.25, -0.2) is 0 Å². The number of rotatable bonds is 7. The normalized spacial score (nSPS) is 16.8. The van der Waals surface area contributed by atoms with Crippen LogP contribution < -0.4 is 15.4 Å². The molecule has 2 N–H and O–H groups in total. The first-order valence-corrected chi connectivity index (χ1v) is 9.85. The van der Waals surface area contributed by atoms with Crippen LogP contribution in [0.4, 0.5) is 0 Å². The third-order valence-electron chi connectivity index (χ3n) is 4.95. The summed E-state index contributed by atoms with van der Waals surface area (Å²) >= 11 is 0. The van der Waals surface area contributed by atoms with Crippen molar-refractivity contribution in [2.45, 2.75) is 46.1 Å². The van der Waals surface area contributed by atoms with Crippen molar-refractivity contribution in [3.63, 3.8) is 0 Å². The van der Waals surface area contributed by atoms with Crippen LogP contribution in [0.5, 0.6) is 5.75 Å². The molecule has 0 atom stereocenters. The number of hydrogen-bond acceptors (Lipinski definition) is 3.